The lowest BCUT2D eigenvalue weighted by Crippen LogP contribution is -2.42. The van der Waals surface area contributed by atoms with Gasteiger partial charge in [-0.25, -0.2) is 27.9 Å². The number of hydrogen-bond acceptors (Lipinski definition) is 6. The van der Waals surface area contributed by atoms with E-state index >= 15 is 0 Å². The molecule has 0 aliphatic carbocycles. The molecule has 180 valence electrons. The van der Waals surface area contributed by atoms with Crippen molar-refractivity contribution >= 4 is 38.3 Å². The predicted octanol–water partition coefficient (Wildman–Crippen LogP) is 3.45. The Kier molecular flexibility index (Phi) is 6.16. The molecule has 4 rings (SSSR count). The van der Waals surface area contributed by atoms with Crippen molar-refractivity contribution in [3.63, 3.8) is 0 Å². The van der Waals surface area contributed by atoms with E-state index in [1.54, 1.807) is 0 Å². The van der Waals surface area contributed by atoms with Crippen molar-refractivity contribution in [1.29, 1.82) is 0 Å². The summed E-state index contributed by atoms with van der Waals surface area (Å²) in [5.74, 6) is -2.91. The Balaban J connectivity index is 1.75. The minimum absolute atomic E-state index is 0.0197. The Morgan fingerprint density at radius 1 is 1.18 bits per heavy atom. The van der Waals surface area contributed by atoms with Crippen LogP contribution in [0.4, 0.5) is 29.1 Å². The Labute approximate surface area is 191 Å². The molecule has 1 fully saturated rings. The number of halogens is 4. The fourth-order valence-corrected chi connectivity index (χ4v) is 4.32. The number of hydrogen-bond donors (Lipinski definition) is 2. The van der Waals surface area contributed by atoms with E-state index in [0.717, 1.165) is 18.3 Å². The van der Waals surface area contributed by atoms with Gasteiger partial charge in [-0.05, 0) is 43.2 Å². The third kappa shape index (κ3) is 5.09. The first-order valence-electron chi connectivity index (χ1n) is 10.1. The molecule has 3 N–H and O–H groups in total. The molecule has 1 aliphatic rings. The standard InChI is InChI=1S/C21H19F4N5O3S/c22-14-3-4-17-12(8-14)9-16(19(29-17)30-7-1-2-13(11-30)21(23,24)25)20(31)28-15-5-6-27-18(10-15)34(26,32)33/h3-6,8-10,13H,1-2,7,11H2,(H2,26,32,33)(H,27,28,31). The van der Waals surface area contributed by atoms with Gasteiger partial charge in [0.2, 0.25) is 0 Å². The molecule has 1 aliphatic heterocycles. The van der Waals surface area contributed by atoms with Crippen LogP contribution in [-0.4, -0.2) is 43.6 Å². The molecule has 13 heteroatoms. The summed E-state index contributed by atoms with van der Waals surface area (Å²) in [6, 6.07) is 7.41. The van der Waals surface area contributed by atoms with Gasteiger partial charge in [0, 0.05) is 36.4 Å². The number of piperidine rings is 1. The number of amides is 1. The van der Waals surface area contributed by atoms with Crippen molar-refractivity contribution in [2.75, 3.05) is 23.3 Å². The topological polar surface area (TPSA) is 118 Å². The van der Waals surface area contributed by atoms with Crippen LogP contribution < -0.4 is 15.4 Å². The Morgan fingerprint density at radius 2 is 1.94 bits per heavy atom. The molecule has 2 aromatic heterocycles. The SMILES string of the molecule is NS(=O)(=O)c1cc(NC(=O)c2cc3cc(F)ccc3nc2N2CCCC(C(F)(F)F)C2)ccn1. The number of nitrogens with zero attached hydrogens (tertiary/aromatic N) is 3. The number of pyridine rings is 2. The summed E-state index contributed by atoms with van der Waals surface area (Å²) in [5.41, 5.74) is 0.263. The van der Waals surface area contributed by atoms with E-state index in [0.29, 0.717) is 5.52 Å². The number of anilines is 2. The van der Waals surface area contributed by atoms with Crippen molar-refractivity contribution < 1.29 is 30.8 Å². The van der Waals surface area contributed by atoms with E-state index in [-0.39, 0.29) is 48.4 Å². The van der Waals surface area contributed by atoms with Gasteiger partial charge >= 0.3 is 6.18 Å². The molecular formula is C21H19F4N5O3S. The molecule has 1 amide bonds. The van der Waals surface area contributed by atoms with Crippen molar-refractivity contribution in [2.45, 2.75) is 24.0 Å². The van der Waals surface area contributed by atoms with Gasteiger partial charge in [-0.1, -0.05) is 0 Å². The summed E-state index contributed by atoms with van der Waals surface area (Å²) in [5, 5.41) is 7.35. The lowest BCUT2D eigenvalue weighted by Gasteiger charge is -2.35. The van der Waals surface area contributed by atoms with Gasteiger partial charge in [0.1, 0.15) is 11.6 Å². The van der Waals surface area contributed by atoms with E-state index in [1.807, 2.05) is 0 Å². The smallest absolute Gasteiger partial charge is 0.355 e. The average molecular weight is 497 g/mol. The third-order valence-corrected chi connectivity index (χ3v) is 6.28. The van der Waals surface area contributed by atoms with Gasteiger partial charge < -0.3 is 10.2 Å². The second-order valence-corrected chi connectivity index (χ2v) is 9.41. The number of carbonyl (C=O) groups excluding carboxylic acids is 1. The second-order valence-electron chi connectivity index (χ2n) is 7.91. The number of nitrogens with two attached hydrogens (primary N) is 1. The molecule has 3 heterocycles. The van der Waals surface area contributed by atoms with Crippen LogP contribution in [0.2, 0.25) is 0 Å². The molecule has 1 atom stereocenters. The number of carbonyl (C=O) groups is 1. The first kappa shape index (κ1) is 23.8. The molecule has 1 saturated heterocycles. The first-order valence-corrected chi connectivity index (χ1v) is 11.7. The maximum atomic E-state index is 13.8. The Bertz CT molecular complexity index is 1360. The highest BCUT2D eigenvalue weighted by Crippen LogP contribution is 2.36. The molecule has 1 unspecified atom stereocenters. The maximum absolute atomic E-state index is 13.8. The fraction of sp³-hybridized carbons (Fsp3) is 0.286. The van der Waals surface area contributed by atoms with Gasteiger partial charge in [-0.3, -0.25) is 4.79 Å². The van der Waals surface area contributed by atoms with E-state index in [2.05, 4.69) is 15.3 Å². The monoisotopic (exact) mass is 497 g/mol. The number of sulfonamides is 1. The van der Waals surface area contributed by atoms with Crippen LogP contribution in [0.1, 0.15) is 23.2 Å². The van der Waals surface area contributed by atoms with E-state index in [9.17, 15) is 30.8 Å². The molecule has 0 spiro atoms. The van der Waals surface area contributed by atoms with E-state index in [4.69, 9.17) is 5.14 Å². The highest BCUT2D eigenvalue weighted by molar-refractivity contribution is 7.89. The molecule has 1 aromatic carbocycles. The molecular weight excluding hydrogens is 478 g/mol. The average Bonchev–Trinajstić information content (AvgIpc) is 2.77. The van der Waals surface area contributed by atoms with E-state index in [1.165, 1.54) is 29.2 Å². The van der Waals surface area contributed by atoms with Crippen LogP contribution >= 0.6 is 0 Å². The normalized spacial score (nSPS) is 17.1. The van der Waals surface area contributed by atoms with Crippen molar-refractivity contribution in [3.8, 4) is 0 Å². The zero-order chi connectivity index (χ0) is 24.7. The number of rotatable bonds is 4. The lowest BCUT2D eigenvalue weighted by molar-refractivity contribution is -0.176. The Morgan fingerprint density at radius 3 is 2.65 bits per heavy atom. The highest BCUT2D eigenvalue weighted by Gasteiger charge is 2.42. The molecule has 0 saturated carbocycles. The Hall–Kier alpha value is -3.32. The predicted molar refractivity (Wildman–Crippen MR) is 116 cm³/mol. The number of benzene rings is 1. The van der Waals surface area contributed by atoms with E-state index < -0.39 is 38.9 Å². The van der Waals surface area contributed by atoms with Gasteiger partial charge in [0.05, 0.1) is 17.0 Å². The molecule has 0 radical (unpaired) electrons. The van der Waals surface area contributed by atoms with Crippen LogP contribution in [0, 0.1) is 11.7 Å². The quantitative estimate of drug-likeness (QED) is 0.533. The molecule has 34 heavy (non-hydrogen) atoms. The van der Waals surface area contributed by atoms with Crippen LogP contribution in [0.25, 0.3) is 10.9 Å². The summed E-state index contributed by atoms with van der Waals surface area (Å²) in [6.45, 7) is -0.133. The number of alkyl halides is 3. The number of nitrogens with one attached hydrogen (secondary N) is 1. The zero-order valence-electron chi connectivity index (χ0n) is 17.5. The molecule has 3 aromatic rings. The van der Waals surface area contributed by atoms with Gasteiger partial charge in [-0.2, -0.15) is 13.2 Å². The van der Waals surface area contributed by atoms with Crippen LogP contribution in [-0.2, 0) is 10.0 Å². The number of primary sulfonamides is 1. The van der Waals surface area contributed by atoms with Crippen LogP contribution in [0.15, 0.2) is 47.6 Å². The number of aromatic nitrogens is 2. The number of fused-ring (bicyclic) bond motifs is 1. The zero-order valence-corrected chi connectivity index (χ0v) is 18.3. The van der Waals surface area contributed by atoms with Crippen LogP contribution in [0.3, 0.4) is 0 Å². The largest absolute Gasteiger partial charge is 0.393 e. The lowest BCUT2D eigenvalue weighted by atomic mass is 9.97. The highest BCUT2D eigenvalue weighted by atomic mass is 32.2. The minimum Gasteiger partial charge on any atom is -0.355 e. The van der Waals surface area contributed by atoms with Gasteiger partial charge in [0.25, 0.3) is 15.9 Å². The summed E-state index contributed by atoms with van der Waals surface area (Å²) < 4.78 is 77.0. The molecule has 8 nitrogen and oxygen atoms in total. The second kappa shape index (κ2) is 8.80. The van der Waals surface area contributed by atoms with Crippen LogP contribution in [0.5, 0.6) is 0 Å². The first-order chi connectivity index (χ1) is 15.9. The molecule has 0 bridgehead atoms. The van der Waals surface area contributed by atoms with Crippen molar-refractivity contribution in [1.82, 2.24) is 9.97 Å². The third-order valence-electron chi connectivity index (χ3n) is 5.47. The van der Waals surface area contributed by atoms with Gasteiger partial charge in [0.15, 0.2) is 5.03 Å². The maximum Gasteiger partial charge on any atom is 0.393 e. The fourth-order valence-electron chi connectivity index (χ4n) is 3.82. The summed E-state index contributed by atoms with van der Waals surface area (Å²) in [4.78, 5) is 22.6. The van der Waals surface area contributed by atoms with Crippen molar-refractivity contribution in [3.05, 3.63) is 54.0 Å². The van der Waals surface area contributed by atoms with Gasteiger partial charge in [-0.15, -0.1) is 0 Å². The minimum atomic E-state index is -4.40. The summed E-state index contributed by atoms with van der Waals surface area (Å²) in [6.07, 6.45) is -3.06. The van der Waals surface area contributed by atoms with Crippen molar-refractivity contribution in [2.24, 2.45) is 11.1 Å². The summed E-state index contributed by atoms with van der Waals surface area (Å²) in [7, 11) is -4.14. The summed E-state index contributed by atoms with van der Waals surface area (Å²) >= 11 is 0.